The van der Waals surface area contributed by atoms with Crippen molar-refractivity contribution < 1.29 is 4.79 Å². The van der Waals surface area contributed by atoms with Gasteiger partial charge in [-0.3, -0.25) is 4.79 Å². The van der Waals surface area contributed by atoms with Gasteiger partial charge >= 0.3 is 0 Å². The zero-order valence-electron chi connectivity index (χ0n) is 11.9. The lowest BCUT2D eigenvalue weighted by molar-refractivity contribution is -0.120. The summed E-state index contributed by atoms with van der Waals surface area (Å²) in [5.74, 6) is 0.0162. The summed E-state index contributed by atoms with van der Waals surface area (Å²) in [5, 5.41) is 17.9. The molecule has 0 bridgehead atoms. The van der Waals surface area contributed by atoms with Crippen LogP contribution >= 0.6 is 11.8 Å². The molecule has 8 heteroatoms. The quantitative estimate of drug-likeness (QED) is 0.668. The molecule has 2 atom stereocenters. The van der Waals surface area contributed by atoms with Crippen LogP contribution in [0.2, 0.25) is 0 Å². The highest BCUT2D eigenvalue weighted by atomic mass is 32.2. The first kappa shape index (κ1) is 15.9. The number of amides is 1. The molecule has 0 saturated heterocycles. The van der Waals surface area contributed by atoms with Crippen LogP contribution in [0.5, 0.6) is 0 Å². The van der Waals surface area contributed by atoms with Crippen LogP contribution < -0.4 is 10.6 Å². The minimum Gasteiger partial charge on any atom is -0.353 e. The number of hydrogen-bond donors (Lipinski definition) is 2. The Morgan fingerprint density at radius 2 is 2.21 bits per heavy atom. The molecular weight excluding hydrogens is 264 g/mol. The lowest BCUT2D eigenvalue weighted by atomic mass is 10.2. The van der Waals surface area contributed by atoms with E-state index in [2.05, 4.69) is 26.2 Å². The van der Waals surface area contributed by atoms with E-state index in [4.69, 9.17) is 0 Å². The van der Waals surface area contributed by atoms with Crippen molar-refractivity contribution in [1.82, 2.24) is 30.8 Å². The molecule has 0 fully saturated rings. The molecule has 0 spiro atoms. The molecule has 0 aliphatic heterocycles. The van der Waals surface area contributed by atoms with Crippen molar-refractivity contribution in [2.75, 3.05) is 13.6 Å². The van der Waals surface area contributed by atoms with Crippen LogP contribution in [0.15, 0.2) is 5.16 Å². The van der Waals surface area contributed by atoms with Gasteiger partial charge in [0.2, 0.25) is 11.1 Å². The number of carbonyl (C=O) groups excluding carboxylic acids is 1. The molecule has 1 rings (SSSR count). The number of carbonyl (C=O) groups is 1. The minimum atomic E-state index is -0.215. The molecule has 1 aromatic heterocycles. The van der Waals surface area contributed by atoms with E-state index in [1.54, 1.807) is 4.68 Å². The number of aromatic nitrogens is 4. The van der Waals surface area contributed by atoms with Crippen molar-refractivity contribution in [2.24, 2.45) is 0 Å². The van der Waals surface area contributed by atoms with Crippen LogP contribution in [-0.4, -0.2) is 51.0 Å². The molecule has 0 aliphatic carbocycles. The zero-order valence-corrected chi connectivity index (χ0v) is 12.7. The van der Waals surface area contributed by atoms with Crippen molar-refractivity contribution in [3.8, 4) is 0 Å². The molecule has 0 aromatic carbocycles. The van der Waals surface area contributed by atoms with Gasteiger partial charge < -0.3 is 10.6 Å². The fraction of sp³-hybridized carbons (Fsp3) is 0.818. The highest BCUT2D eigenvalue weighted by Crippen LogP contribution is 2.20. The Balaban J connectivity index is 2.54. The SMILES string of the molecule is CCC(C)NC(=O)C(C)Sc1nnnn1CCNC. The number of nitrogens with zero attached hydrogens (tertiary/aromatic N) is 4. The third-order valence-electron chi connectivity index (χ3n) is 2.73. The third kappa shape index (κ3) is 5.15. The molecule has 1 heterocycles. The Hall–Kier alpha value is -1.15. The molecule has 0 saturated carbocycles. The maximum Gasteiger partial charge on any atom is 0.233 e. The zero-order chi connectivity index (χ0) is 14.3. The van der Waals surface area contributed by atoms with Gasteiger partial charge in [0.25, 0.3) is 0 Å². The van der Waals surface area contributed by atoms with Crippen molar-refractivity contribution in [2.45, 2.75) is 50.2 Å². The smallest absolute Gasteiger partial charge is 0.233 e. The molecule has 19 heavy (non-hydrogen) atoms. The highest BCUT2D eigenvalue weighted by molar-refractivity contribution is 8.00. The Morgan fingerprint density at radius 1 is 1.47 bits per heavy atom. The molecule has 0 aliphatic rings. The van der Waals surface area contributed by atoms with E-state index in [-0.39, 0.29) is 17.2 Å². The van der Waals surface area contributed by atoms with E-state index in [1.807, 2.05) is 27.8 Å². The van der Waals surface area contributed by atoms with Crippen molar-refractivity contribution in [3.05, 3.63) is 0 Å². The maximum absolute atomic E-state index is 11.9. The molecular formula is C11H22N6OS. The summed E-state index contributed by atoms with van der Waals surface area (Å²) >= 11 is 1.37. The number of rotatable bonds is 8. The van der Waals surface area contributed by atoms with E-state index < -0.39 is 0 Å². The average molecular weight is 286 g/mol. The van der Waals surface area contributed by atoms with Crippen LogP contribution in [0.3, 0.4) is 0 Å². The Morgan fingerprint density at radius 3 is 2.84 bits per heavy atom. The monoisotopic (exact) mass is 286 g/mol. The highest BCUT2D eigenvalue weighted by Gasteiger charge is 2.19. The standard InChI is InChI=1S/C11H22N6OS/c1-5-8(2)13-10(18)9(3)19-11-14-15-16-17(11)7-6-12-4/h8-9,12H,5-7H2,1-4H3,(H,13,18). The van der Waals surface area contributed by atoms with Gasteiger partial charge in [0.1, 0.15) is 0 Å². The second-order valence-corrected chi connectivity index (χ2v) is 5.67. The van der Waals surface area contributed by atoms with E-state index in [1.165, 1.54) is 11.8 Å². The van der Waals surface area contributed by atoms with E-state index >= 15 is 0 Å². The van der Waals surface area contributed by atoms with Gasteiger partial charge in [-0.1, -0.05) is 18.7 Å². The first-order valence-corrected chi connectivity index (χ1v) is 7.34. The van der Waals surface area contributed by atoms with E-state index in [0.717, 1.165) is 13.0 Å². The van der Waals surface area contributed by atoms with Crippen LogP contribution in [-0.2, 0) is 11.3 Å². The Labute approximate surface area is 117 Å². The van der Waals surface area contributed by atoms with Gasteiger partial charge in [0.15, 0.2) is 0 Å². The summed E-state index contributed by atoms with van der Waals surface area (Å²) in [6, 6.07) is 0.191. The van der Waals surface area contributed by atoms with E-state index in [0.29, 0.717) is 11.7 Å². The number of nitrogens with one attached hydrogen (secondary N) is 2. The summed E-state index contributed by atoms with van der Waals surface area (Å²) in [4.78, 5) is 11.9. The normalized spacial score (nSPS) is 14.1. The first-order chi connectivity index (χ1) is 9.08. The van der Waals surface area contributed by atoms with Crippen molar-refractivity contribution in [3.63, 3.8) is 0 Å². The maximum atomic E-state index is 11.9. The Bertz CT molecular complexity index is 396. The van der Waals surface area contributed by atoms with Gasteiger partial charge in [-0.25, -0.2) is 4.68 Å². The minimum absolute atomic E-state index is 0.0162. The van der Waals surface area contributed by atoms with E-state index in [9.17, 15) is 4.79 Å². The predicted molar refractivity (Wildman–Crippen MR) is 75.0 cm³/mol. The van der Waals surface area contributed by atoms with Crippen LogP contribution in [0.4, 0.5) is 0 Å². The molecule has 1 amide bonds. The molecule has 0 radical (unpaired) electrons. The summed E-state index contributed by atoms with van der Waals surface area (Å²) in [6.45, 7) is 7.37. The van der Waals surface area contributed by atoms with Gasteiger partial charge in [-0.15, -0.1) is 5.10 Å². The average Bonchev–Trinajstić information content (AvgIpc) is 2.83. The van der Waals surface area contributed by atoms with Crippen molar-refractivity contribution in [1.29, 1.82) is 0 Å². The van der Waals surface area contributed by atoms with Crippen molar-refractivity contribution >= 4 is 17.7 Å². The van der Waals surface area contributed by atoms with Gasteiger partial charge in [0, 0.05) is 12.6 Å². The van der Waals surface area contributed by atoms with Crippen LogP contribution in [0, 0.1) is 0 Å². The Kier molecular flexibility index (Phi) is 6.79. The second-order valence-electron chi connectivity index (χ2n) is 4.37. The largest absolute Gasteiger partial charge is 0.353 e. The van der Waals surface area contributed by atoms with Crippen LogP contribution in [0.25, 0.3) is 0 Å². The fourth-order valence-electron chi connectivity index (χ4n) is 1.31. The molecule has 108 valence electrons. The lowest BCUT2D eigenvalue weighted by Crippen LogP contribution is -2.37. The van der Waals surface area contributed by atoms with Gasteiger partial charge in [-0.05, 0) is 37.7 Å². The number of thioether (sulfide) groups is 1. The van der Waals surface area contributed by atoms with Gasteiger partial charge in [-0.2, -0.15) is 0 Å². The third-order valence-corrected chi connectivity index (χ3v) is 3.80. The number of tetrazole rings is 1. The number of hydrogen-bond acceptors (Lipinski definition) is 6. The summed E-state index contributed by atoms with van der Waals surface area (Å²) < 4.78 is 1.70. The van der Waals surface area contributed by atoms with Gasteiger partial charge in [0.05, 0.1) is 11.8 Å². The molecule has 2 N–H and O–H groups in total. The second kappa shape index (κ2) is 8.11. The molecule has 1 aromatic rings. The predicted octanol–water partition coefficient (Wildman–Crippen LogP) is 0.288. The molecule has 7 nitrogen and oxygen atoms in total. The fourth-order valence-corrected chi connectivity index (χ4v) is 2.14. The molecule has 2 unspecified atom stereocenters. The summed E-state index contributed by atoms with van der Waals surface area (Å²) in [7, 11) is 1.87. The summed E-state index contributed by atoms with van der Waals surface area (Å²) in [6.07, 6.45) is 0.920. The topological polar surface area (TPSA) is 84.7 Å². The van der Waals surface area contributed by atoms with Crippen LogP contribution in [0.1, 0.15) is 27.2 Å². The lowest BCUT2D eigenvalue weighted by Gasteiger charge is -2.15. The first-order valence-electron chi connectivity index (χ1n) is 6.46. The summed E-state index contributed by atoms with van der Waals surface area (Å²) in [5.41, 5.74) is 0. The number of likely N-dealkylation sites (N-methyl/N-ethyl adjacent to an activating group) is 1.